The topological polar surface area (TPSA) is 42.4 Å². The van der Waals surface area contributed by atoms with Gasteiger partial charge >= 0.3 is 5.97 Å². The Bertz CT molecular complexity index is 914. The van der Waals surface area contributed by atoms with E-state index in [0.717, 1.165) is 0 Å². The smallest absolute Gasteiger partial charge is 0.312 e. The molecule has 156 valence electrons. The molecule has 0 bridgehead atoms. The van der Waals surface area contributed by atoms with Crippen LogP contribution >= 0.6 is 27.5 Å². The average Bonchev–Trinajstić information content (AvgIpc) is 2.69. The second kappa shape index (κ2) is 9.06. The summed E-state index contributed by atoms with van der Waals surface area (Å²) in [5.74, 6) is -1.25. The Hall–Kier alpha value is -1.57. The number of hydrogen-bond acceptors (Lipinski definition) is 4. The van der Waals surface area contributed by atoms with Crippen molar-refractivity contribution >= 4 is 33.5 Å². The molecule has 0 amide bonds. The Morgan fingerprint density at radius 2 is 2.14 bits per heavy atom. The summed E-state index contributed by atoms with van der Waals surface area (Å²) in [6.07, 6.45) is 1.06. The van der Waals surface area contributed by atoms with Crippen LogP contribution in [0, 0.1) is 17.0 Å². The summed E-state index contributed by atoms with van der Waals surface area (Å²) in [5.41, 5.74) is -0.146. The summed E-state index contributed by atoms with van der Waals surface area (Å²) in [4.78, 5) is 19.0. The van der Waals surface area contributed by atoms with Crippen molar-refractivity contribution < 1.29 is 18.3 Å². The van der Waals surface area contributed by atoms with Crippen LogP contribution in [0.5, 0.6) is 0 Å². The molecule has 0 spiro atoms. The molecule has 0 radical (unpaired) electrons. The molecular weight excluding hydrogens is 466 g/mol. The first-order chi connectivity index (χ1) is 13.8. The first-order valence-electron chi connectivity index (χ1n) is 9.32. The number of hydrogen-bond donors (Lipinski definition) is 0. The minimum Gasteiger partial charge on any atom is -0.469 e. The molecule has 2 unspecified atom stereocenters. The number of likely N-dealkylation sites (tertiary alicyclic amines) is 1. The molecule has 1 fully saturated rings. The zero-order valence-corrected chi connectivity index (χ0v) is 18.6. The molecule has 1 saturated heterocycles. The standard InChI is InChI=1S/C21H22BrClF2N2O2/c1-13-10-21(20(28)29-2,11-17-16(24)6-7-18(22)26-17)8-9-27(13)12-14-4-3-5-15(23)19(14)25/h3-7,13H,8-12H2,1-2H3. The maximum atomic E-state index is 14.3. The molecule has 2 atom stereocenters. The lowest BCUT2D eigenvalue weighted by Crippen LogP contribution is -2.50. The Morgan fingerprint density at radius 3 is 2.83 bits per heavy atom. The summed E-state index contributed by atoms with van der Waals surface area (Å²) >= 11 is 9.15. The highest BCUT2D eigenvalue weighted by Crippen LogP contribution is 2.40. The number of benzene rings is 1. The van der Waals surface area contributed by atoms with Gasteiger partial charge < -0.3 is 4.74 Å². The number of ether oxygens (including phenoxy) is 1. The SMILES string of the molecule is COC(=O)C1(Cc2nc(Br)ccc2F)CCN(Cc2cccc(Cl)c2F)C(C)C1. The van der Waals surface area contributed by atoms with Gasteiger partial charge in [0.15, 0.2) is 0 Å². The largest absolute Gasteiger partial charge is 0.469 e. The number of nitrogens with zero attached hydrogens (tertiary/aromatic N) is 2. The summed E-state index contributed by atoms with van der Waals surface area (Å²) in [6.45, 7) is 2.90. The van der Waals surface area contributed by atoms with Gasteiger partial charge in [0.1, 0.15) is 16.2 Å². The molecule has 1 aromatic heterocycles. The fourth-order valence-corrected chi connectivity index (χ4v) is 4.58. The van der Waals surface area contributed by atoms with E-state index in [4.69, 9.17) is 16.3 Å². The number of carbonyl (C=O) groups excluding carboxylic acids is 1. The van der Waals surface area contributed by atoms with Gasteiger partial charge in [-0.25, -0.2) is 13.8 Å². The molecule has 29 heavy (non-hydrogen) atoms. The van der Waals surface area contributed by atoms with Gasteiger partial charge in [0, 0.05) is 24.6 Å². The van der Waals surface area contributed by atoms with Crippen molar-refractivity contribution in [1.29, 1.82) is 0 Å². The van der Waals surface area contributed by atoms with Crippen LogP contribution in [0.15, 0.2) is 34.9 Å². The van der Waals surface area contributed by atoms with Crippen LogP contribution < -0.4 is 0 Å². The molecule has 2 aromatic rings. The summed E-state index contributed by atoms with van der Waals surface area (Å²) in [6, 6.07) is 7.75. The fraction of sp³-hybridized carbons (Fsp3) is 0.429. The number of pyridine rings is 1. The van der Waals surface area contributed by atoms with Crippen LogP contribution in [0.4, 0.5) is 8.78 Å². The van der Waals surface area contributed by atoms with Crippen molar-refractivity contribution in [3.8, 4) is 0 Å². The van der Waals surface area contributed by atoms with Crippen molar-refractivity contribution in [3.63, 3.8) is 0 Å². The molecule has 0 saturated carbocycles. The molecule has 0 N–H and O–H groups in total. The molecule has 3 rings (SSSR count). The Balaban J connectivity index is 1.82. The lowest BCUT2D eigenvalue weighted by Gasteiger charge is -2.44. The zero-order valence-electron chi connectivity index (χ0n) is 16.2. The highest BCUT2D eigenvalue weighted by Gasteiger charge is 2.46. The van der Waals surface area contributed by atoms with E-state index < -0.39 is 17.0 Å². The third-order valence-electron chi connectivity index (χ3n) is 5.60. The van der Waals surface area contributed by atoms with Gasteiger partial charge in [0.25, 0.3) is 0 Å². The van der Waals surface area contributed by atoms with Crippen molar-refractivity contribution in [2.45, 2.75) is 38.8 Å². The number of methoxy groups -OCH3 is 1. The summed E-state index contributed by atoms with van der Waals surface area (Å²) in [7, 11) is 1.34. The van der Waals surface area contributed by atoms with E-state index in [1.165, 1.54) is 25.3 Å². The minimum absolute atomic E-state index is 0.0450. The first kappa shape index (κ1) is 22.1. The number of piperidine rings is 1. The summed E-state index contributed by atoms with van der Waals surface area (Å²) < 4.78 is 34.2. The molecule has 2 heterocycles. The van der Waals surface area contributed by atoms with Crippen molar-refractivity contribution in [1.82, 2.24) is 9.88 Å². The number of aromatic nitrogens is 1. The maximum Gasteiger partial charge on any atom is 0.312 e. The predicted molar refractivity (Wildman–Crippen MR) is 111 cm³/mol. The highest BCUT2D eigenvalue weighted by atomic mass is 79.9. The lowest BCUT2D eigenvalue weighted by molar-refractivity contribution is -0.157. The molecule has 1 aromatic carbocycles. The van der Waals surface area contributed by atoms with Gasteiger partial charge in [-0.1, -0.05) is 23.7 Å². The quantitative estimate of drug-likeness (QED) is 0.431. The van der Waals surface area contributed by atoms with Gasteiger partial charge in [-0.2, -0.15) is 0 Å². The van der Waals surface area contributed by atoms with E-state index in [0.29, 0.717) is 36.1 Å². The number of halogens is 4. The number of esters is 1. The zero-order chi connectivity index (χ0) is 21.2. The molecular formula is C21H22BrClF2N2O2. The number of carbonyl (C=O) groups is 1. The van der Waals surface area contributed by atoms with Gasteiger partial charge in [-0.15, -0.1) is 0 Å². The highest BCUT2D eigenvalue weighted by molar-refractivity contribution is 9.10. The second-order valence-corrected chi connectivity index (χ2v) is 8.72. The van der Waals surface area contributed by atoms with Crippen LogP contribution in [0.3, 0.4) is 0 Å². The molecule has 1 aliphatic heterocycles. The van der Waals surface area contributed by atoms with Crippen molar-refractivity contribution in [2.75, 3.05) is 13.7 Å². The van der Waals surface area contributed by atoms with Gasteiger partial charge in [0.2, 0.25) is 0 Å². The van der Waals surface area contributed by atoms with Crippen LogP contribution in [0.25, 0.3) is 0 Å². The second-order valence-electron chi connectivity index (χ2n) is 7.50. The van der Waals surface area contributed by atoms with E-state index >= 15 is 0 Å². The lowest BCUT2D eigenvalue weighted by atomic mass is 9.72. The molecule has 1 aliphatic rings. The van der Waals surface area contributed by atoms with Crippen molar-refractivity contribution in [2.24, 2.45) is 5.41 Å². The molecule has 0 aliphatic carbocycles. The van der Waals surface area contributed by atoms with E-state index in [9.17, 15) is 13.6 Å². The third kappa shape index (κ3) is 4.78. The van der Waals surface area contributed by atoms with Crippen LogP contribution in [0.1, 0.15) is 31.0 Å². The normalized spacial score (nSPS) is 22.5. The van der Waals surface area contributed by atoms with Gasteiger partial charge in [0.05, 0.1) is 23.2 Å². The fourth-order valence-electron chi connectivity index (χ4n) is 4.04. The van der Waals surface area contributed by atoms with Crippen molar-refractivity contribution in [3.05, 3.63) is 62.8 Å². The summed E-state index contributed by atoms with van der Waals surface area (Å²) in [5, 5.41) is 0.0901. The van der Waals surface area contributed by atoms with E-state index in [1.54, 1.807) is 12.1 Å². The number of rotatable bonds is 5. The average molecular weight is 488 g/mol. The van der Waals surface area contributed by atoms with Crippen LogP contribution in [-0.4, -0.2) is 35.5 Å². The molecule has 4 nitrogen and oxygen atoms in total. The van der Waals surface area contributed by atoms with Gasteiger partial charge in [-0.05, 0) is 60.4 Å². The maximum absolute atomic E-state index is 14.3. The minimum atomic E-state index is -0.883. The Kier molecular flexibility index (Phi) is 6.91. The Labute approximate surface area is 182 Å². The Morgan fingerprint density at radius 1 is 1.38 bits per heavy atom. The van der Waals surface area contributed by atoms with Crippen LogP contribution in [-0.2, 0) is 22.5 Å². The predicted octanol–water partition coefficient (Wildman–Crippen LogP) is 5.16. The first-order valence-corrected chi connectivity index (χ1v) is 10.5. The van der Waals surface area contributed by atoms with E-state index in [2.05, 4.69) is 25.8 Å². The monoisotopic (exact) mass is 486 g/mol. The van der Waals surface area contributed by atoms with E-state index in [-0.39, 0.29) is 29.1 Å². The van der Waals surface area contributed by atoms with Gasteiger partial charge in [-0.3, -0.25) is 9.69 Å². The van der Waals surface area contributed by atoms with E-state index in [1.807, 2.05) is 6.92 Å². The van der Waals surface area contributed by atoms with Crippen LogP contribution in [0.2, 0.25) is 5.02 Å². The molecule has 8 heteroatoms. The third-order valence-corrected chi connectivity index (χ3v) is 6.33.